The van der Waals surface area contributed by atoms with E-state index >= 15 is 0 Å². The number of aromatic nitrogens is 5. The Kier molecular flexibility index (Phi) is 2.87. The molecule has 0 saturated carbocycles. The first-order valence-corrected chi connectivity index (χ1v) is 7.32. The Bertz CT molecular complexity index is 967. The Hall–Kier alpha value is -2.05. The van der Waals surface area contributed by atoms with Crippen LogP contribution in [0.3, 0.4) is 0 Å². The number of hydrogen-bond acceptors (Lipinski definition) is 4. The predicted molar refractivity (Wildman–Crippen MR) is 84.2 cm³/mol. The van der Waals surface area contributed by atoms with E-state index in [9.17, 15) is 0 Å². The van der Waals surface area contributed by atoms with E-state index in [1.165, 1.54) is 0 Å². The summed E-state index contributed by atoms with van der Waals surface area (Å²) in [5.41, 5.74) is 2.33. The maximum Gasteiger partial charge on any atom is 0.226 e. The maximum absolute atomic E-state index is 6.22. The van der Waals surface area contributed by atoms with E-state index in [-0.39, 0.29) is 5.28 Å². The lowest BCUT2D eigenvalue weighted by Gasteiger charge is -2.02. The van der Waals surface area contributed by atoms with Crippen LogP contribution in [0.2, 0.25) is 5.28 Å². The number of rotatable bonds is 1. The van der Waals surface area contributed by atoms with Crippen LogP contribution in [0.1, 0.15) is 0 Å². The summed E-state index contributed by atoms with van der Waals surface area (Å²) >= 11 is 9.71. The van der Waals surface area contributed by atoms with Gasteiger partial charge in [-0.3, -0.25) is 4.98 Å². The van der Waals surface area contributed by atoms with Crippen molar-refractivity contribution in [2.24, 2.45) is 0 Å². The van der Waals surface area contributed by atoms with Crippen molar-refractivity contribution in [1.29, 1.82) is 0 Å². The molecular formula is C14H7BrClN5. The summed E-state index contributed by atoms with van der Waals surface area (Å²) in [6.07, 6.45) is 3.41. The molecule has 0 radical (unpaired) electrons. The Morgan fingerprint density at radius 2 is 1.86 bits per heavy atom. The van der Waals surface area contributed by atoms with Crippen molar-refractivity contribution in [3.05, 3.63) is 52.5 Å². The fourth-order valence-corrected chi connectivity index (χ4v) is 2.84. The number of benzene rings is 1. The van der Waals surface area contributed by atoms with Crippen molar-refractivity contribution >= 4 is 44.1 Å². The van der Waals surface area contributed by atoms with Crippen molar-refractivity contribution in [2.45, 2.75) is 0 Å². The molecule has 0 spiro atoms. The van der Waals surface area contributed by atoms with Gasteiger partial charge in [-0.1, -0.05) is 6.07 Å². The van der Waals surface area contributed by atoms with Crippen LogP contribution >= 0.6 is 27.5 Å². The molecule has 0 aliphatic heterocycles. The van der Waals surface area contributed by atoms with Gasteiger partial charge in [0.05, 0.1) is 5.52 Å². The van der Waals surface area contributed by atoms with Crippen LogP contribution in [0.15, 0.2) is 47.2 Å². The van der Waals surface area contributed by atoms with Gasteiger partial charge >= 0.3 is 0 Å². The van der Waals surface area contributed by atoms with Gasteiger partial charge in [0, 0.05) is 27.8 Å². The molecule has 3 heterocycles. The molecule has 5 nitrogen and oxygen atoms in total. The van der Waals surface area contributed by atoms with Gasteiger partial charge in [-0.2, -0.15) is 4.52 Å². The van der Waals surface area contributed by atoms with Crippen molar-refractivity contribution in [3.63, 3.8) is 0 Å². The van der Waals surface area contributed by atoms with Crippen LogP contribution in [0, 0.1) is 0 Å². The van der Waals surface area contributed by atoms with Crippen LogP contribution < -0.4 is 0 Å². The molecular weight excluding hydrogens is 354 g/mol. The highest BCUT2D eigenvalue weighted by atomic mass is 79.9. The van der Waals surface area contributed by atoms with Gasteiger partial charge < -0.3 is 0 Å². The molecule has 0 N–H and O–H groups in total. The minimum atomic E-state index is 0.275. The highest BCUT2D eigenvalue weighted by molar-refractivity contribution is 9.10. The molecule has 7 heteroatoms. The van der Waals surface area contributed by atoms with Crippen LogP contribution in [0.5, 0.6) is 0 Å². The molecule has 0 aliphatic rings. The number of fused-ring (bicyclic) bond motifs is 3. The molecule has 21 heavy (non-hydrogen) atoms. The lowest BCUT2D eigenvalue weighted by Crippen LogP contribution is -1.95. The van der Waals surface area contributed by atoms with Gasteiger partial charge in [-0.15, -0.1) is 5.10 Å². The van der Waals surface area contributed by atoms with Gasteiger partial charge in [0.2, 0.25) is 5.28 Å². The highest BCUT2D eigenvalue weighted by Crippen LogP contribution is 2.28. The first-order chi connectivity index (χ1) is 10.2. The first kappa shape index (κ1) is 12.7. The van der Waals surface area contributed by atoms with Crippen LogP contribution in [-0.2, 0) is 0 Å². The molecule has 1 aromatic carbocycles. The first-order valence-electron chi connectivity index (χ1n) is 6.15. The Morgan fingerprint density at radius 3 is 2.67 bits per heavy atom. The number of nitrogens with zero attached hydrogens (tertiary/aromatic N) is 5. The van der Waals surface area contributed by atoms with E-state index in [1.807, 2.05) is 30.3 Å². The fraction of sp³-hybridized carbons (Fsp3) is 0. The quantitative estimate of drug-likeness (QED) is 0.485. The van der Waals surface area contributed by atoms with Crippen LogP contribution in [0.25, 0.3) is 27.9 Å². The number of para-hydroxylation sites is 1. The molecule has 0 saturated heterocycles. The van der Waals surface area contributed by atoms with E-state index in [4.69, 9.17) is 11.6 Å². The zero-order valence-electron chi connectivity index (χ0n) is 10.5. The highest BCUT2D eigenvalue weighted by Gasteiger charge is 2.14. The second-order valence-corrected chi connectivity index (χ2v) is 5.62. The normalized spacial score (nSPS) is 11.3. The molecule has 0 amide bonds. The molecule has 0 aliphatic carbocycles. The summed E-state index contributed by atoms with van der Waals surface area (Å²) in [5, 5.41) is 5.60. The molecule has 0 fully saturated rings. The molecule has 0 bridgehead atoms. The van der Waals surface area contributed by atoms with Crippen molar-refractivity contribution in [2.75, 3.05) is 0 Å². The molecule has 102 valence electrons. The topological polar surface area (TPSA) is 56.0 Å². The van der Waals surface area contributed by atoms with Gasteiger partial charge in [0.1, 0.15) is 0 Å². The van der Waals surface area contributed by atoms with E-state index in [0.29, 0.717) is 11.5 Å². The van der Waals surface area contributed by atoms with E-state index in [0.717, 1.165) is 20.9 Å². The van der Waals surface area contributed by atoms with Crippen LogP contribution in [0.4, 0.5) is 0 Å². The Balaban J connectivity index is 2.10. The maximum atomic E-state index is 6.22. The Labute approximate surface area is 132 Å². The third kappa shape index (κ3) is 1.99. The van der Waals surface area contributed by atoms with E-state index in [1.54, 1.807) is 16.9 Å². The minimum absolute atomic E-state index is 0.275. The largest absolute Gasteiger partial charge is 0.265 e. The van der Waals surface area contributed by atoms with Crippen molar-refractivity contribution in [1.82, 2.24) is 24.6 Å². The Morgan fingerprint density at radius 1 is 1.05 bits per heavy atom. The van der Waals surface area contributed by atoms with Crippen molar-refractivity contribution in [3.8, 4) is 11.4 Å². The SMILES string of the molecule is Clc1nc2c(Br)cccc2c2nc(-c3ccncc3)nn12. The van der Waals surface area contributed by atoms with Crippen molar-refractivity contribution < 1.29 is 0 Å². The second kappa shape index (κ2) is 4.75. The number of halogens is 2. The fourth-order valence-electron chi connectivity index (χ4n) is 2.19. The smallest absolute Gasteiger partial charge is 0.226 e. The zero-order valence-corrected chi connectivity index (χ0v) is 12.9. The number of pyridine rings is 1. The van der Waals surface area contributed by atoms with E-state index < -0.39 is 0 Å². The third-order valence-corrected chi connectivity index (χ3v) is 4.04. The monoisotopic (exact) mass is 359 g/mol. The summed E-state index contributed by atoms with van der Waals surface area (Å²) < 4.78 is 2.42. The third-order valence-electron chi connectivity index (χ3n) is 3.15. The van der Waals surface area contributed by atoms with Crippen LogP contribution in [-0.4, -0.2) is 24.6 Å². The molecule has 0 atom stereocenters. The molecule has 4 aromatic rings. The summed E-state index contributed by atoms with van der Waals surface area (Å²) in [6.45, 7) is 0. The standard InChI is InChI=1S/C14H7BrClN5/c15-10-3-1-2-9-11(10)18-14(16)21-13(9)19-12(20-21)8-4-6-17-7-5-8/h1-7H. The minimum Gasteiger partial charge on any atom is -0.265 e. The summed E-state index contributed by atoms with van der Waals surface area (Å²) in [6, 6.07) is 9.51. The summed E-state index contributed by atoms with van der Waals surface area (Å²) in [5.74, 6) is 0.591. The lowest BCUT2D eigenvalue weighted by molar-refractivity contribution is 0.938. The van der Waals surface area contributed by atoms with Gasteiger partial charge in [0.25, 0.3) is 0 Å². The molecule has 0 unspecified atom stereocenters. The molecule has 3 aromatic heterocycles. The summed E-state index contributed by atoms with van der Waals surface area (Å²) in [4.78, 5) is 13.0. The van der Waals surface area contributed by atoms with E-state index in [2.05, 4.69) is 36.0 Å². The van der Waals surface area contributed by atoms with Gasteiger partial charge in [-0.25, -0.2) is 9.97 Å². The average molecular weight is 361 g/mol. The molecule has 4 rings (SSSR count). The van der Waals surface area contributed by atoms with Gasteiger partial charge in [0.15, 0.2) is 11.5 Å². The second-order valence-electron chi connectivity index (χ2n) is 4.42. The lowest BCUT2D eigenvalue weighted by atomic mass is 10.2. The van der Waals surface area contributed by atoms with Gasteiger partial charge in [-0.05, 0) is 51.8 Å². The average Bonchev–Trinajstić information content (AvgIpc) is 2.96. The number of hydrogen-bond donors (Lipinski definition) is 0. The summed E-state index contributed by atoms with van der Waals surface area (Å²) in [7, 11) is 0. The zero-order chi connectivity index (χ0) is 14.4. The predicted octanol–water partition coefficient (Wildman–Crippen LogP) is 3.76.